The van der Waals surface area contributed by atoms with E-state index in [-0.39, 0.29) is 31.3 Å². The highest BCUT2D eigenvalue weighted by atomic mass is 16.7. The van der Waals surface area contributed by atoms with Crippen LogP contribution in [0.5, 0.6) is 17.2 Å². The maximum absolute atomic E-state index is 12.9. The third kappa shape index (κ3) is 5.13. The molecule has 2 aliphatic heterocycles. The number of fused-ring (bicyclic) bond motifs is 1. The molecule has 0 unspecified atom stereocenters. The van der Waals surface area contributed by atoms with Crippen LogP contribution in [0.2, 0.25) is 0 Å². The van der Waals surface area contributed by atoms with E-state index in [4.69, 9.17) is 18.9 Å². The molecular formula is C24H28N2O6. The molecule has 0 N–H and O–H groups in total. The number of aryl methyl sites for hydroxylation is 1. The molecule has 8 heteroatoms. The summed E-state index contributed by atoms with van der Waals surface area (Å²) in [6.07, 6.45) is 0.629. The first-order valence-corrected chi connectivity index (χ1v) is 10.7. The highest BCUT2D eigenvalue weighted by molar-refractivity contribution is 5.85. The first-order valence-electron chi connectivity index (χ1n) is 10.7. The van der Waals surface area contributed by atoms with Gasteiger partial charge in [0.05, 0.1) is 19.8 Å². The molecule has 2 aliphatic rings. The maximum atomic E-state index is 12.9. The zero-order chi connectivity index (χ0) is 22.5. The van der Waals surface area contributed by atoms with E-state index in [9.17, 15) is 9.59 Å². The fraction of sp³-hybridized carbons (Fsp3) is 0.417. The van der Waals surface area contributed by atoms with Gasteiger partial charge in [0.25, 0.3) is 0 Å². The molecule has 8 nitrogen and oxygen atoms in total. The minimum Gasteiger partial charge on any atom is -0.497 e. The van der Waals surface area contributed by atoms with Crippen LogP contribution < -0.4 is 14.2 Å². The Hall–Kier alpha value is -3.26. The topological polar surface area (TPSA) is 77.5 Å². The Morgan fingerprint density at radius 3 is 2.53 bits per heavy atom. The van der Waals surface area contributed by atoms with Crippen molar-refractivity contribution in [3.63, 3.8) is 0 Å². The SMILES string of the molecule is COc1ccc(CN2C[C@H](OC)CN(C(=O)CCc3ccc4c(c3)OCO4)CC2=O)cc1. The monoisotopic (exact) mass is 440 g/mol. The lowest BCUT2D eigenvalue weighted by Gasteiger charge is -2.23. The summed E-state index contributed by atoms with van der Waals surface area (Å²) in [5.41, 5.74) is 1.99. The smallest absolute Gasteiger partial charge is 0.242 e. The van der Waals surface area contributed by atoms with Crippen molar-refractivity contribution in [2.75, 3.05) is 40.6 Å². The average Bonchev–Trinajstić information content (AvgIpc) is 3.22. The minimum atomic E-state index is -0.241. The summed E-state index contributed by atoms with van der Waals surface area (Å²) in [6, 6.07) is 13.3. The van der Waals surface area contributed by atoms with E-state index in [2.05, 4.69) is 0 Å². The normalized spacial score (nSPS) is 17.9. The second kappa shape index (κ2) is 9.91. The number of methoxy groups -OCH3 is 2. The van der Waals surface area contributed by atoms with Gasteiger partial charge >= 0.3 is 0 Å². The van der Waals surface area contributed by atoms with Crippen molar-refractivity contribution < 1.29 is 28.5 Å². The van der Waals surface area contributed by atoms with Crippen LogP contribution in [0.25, 0.3) is 0 Å². The minimum absolute atomic E-state index is 0.0516. The quantitative estimate of drug-likeness (QED) is 0.657. The van der Waals surface area contributed by atoms with E-state index >= 15 is 0 Å². The summed E-state index contributed by atoms with van der Waals surface area (Å²) in [5.74, 6) is 2.04. The highest BCUT2D eigenvalue weighted by Gasteiger charge is 2.30. The third-order valence-corrected chi connectivity index (χ3v) is 5.81. The van der Waals surface area contributed by atoms with E-state index in [0.29, 0.717) is 38.2 Å². The van der Waals surface area contributed by atoms with Gasteiger partial charge in [-0.3, -0.25) is 9.59 Å². The number of carbonyl (C=O) groups excluding carboxylic acids is 2. The summed E-state index contributed by atoms with van der Waals surface area (Å²) < 4.78 is 21.5. The van der Waals surface area contributed by atoms with Gasteiger partial charge in [-0.1, -0.05) is 18.2 Å². The number of nitrogens with zero attached hydrogens (tertiary/aromatic N) is 2. The van der Waals surface area contributed by atoms with Crippen LogP contribution in [-0.4, -0.2) is 68.4 Å². The van der Waals surface area contributed by atoms with Gasteiger partial charge in [0.15, 0.2) is 11.5 Å². The Morgan fingerprint density at radius 1 is 1.03 bits per heavy atom. The molecule has 0 spiro atoms. The Labute approximate surface area is 187 Å². The molecule has 4 rings (SSSR count). The van der Waals surface area contributed by atoms with Gasteiger partial charge in [-0.2, -0.15) is 0 Å². The number of amides is 2. The predicted octanol–water partition coefficient (Wildman–Crippen LogP) is 2.24. The summed E-state index contributed by atoms with van der Waals surface area (Å²) in [5, 5.41) is 0. The Kier molecular flexibility index (Phi) is 6.80. The molecule has 1 atom stereocenters. The van der Waals surface area contributed by atoms with Crippen LogP contribution in [0.3, 0.4) is 0 Å². The second-order valence-electron chi connectivity index (χ2n) is 7.94. The van der Waals surface area contributed by atoms with Gasteiger partial charge in [0, 0.05) is 33.2 Å². The summed E-state index contributed by atoms with van der Waals surface area (Å²) in [4.78, 5) is 29.2. The van der Waals surface area contributed by atoms with Gasteiger partial charge in [0.2, 0.25) is 18.6 Å². The molecule has 170 valence electrons. The van der Waals surface area contributed by atoms with Crippen molar-refractivity contribution in [2.24, 2.45) is 0 Å². The molecule has 0 saturated carbocycles. The summed E-state index contributed by atoms with van der Waals surface area (Å²) in [7, 11) is 3.23. The van der Waals surface area contributed by atoms with Gasteiger partial charge in [-0.25, -0.2) is 0 Å². The number of hydrogen-bond donors (Lipinski definition) is 0. The lowest BCUT2D eigenvalue weighted by atomic mass is 10.1. The molecule has 0 bridgehead atoms. The number of hydrogen-bond acceptors (Lipinski definition) is 6. The van der Waals surface area contributed by atoms with Gasteiger partial charge < -0.3 is 28.7 Å². The lowest BCUT2D eigenvalue weighted by Crippen LogP contribution is -2.39. The molecule has 0 aromatic heterocycles. The van der Waals surface area contributed by atoms with Crippen molar-refractivity contribution in [3.8, 4) is 17.2 Å². The van der Waals surface area contributed by atoms with E-state index in [0.717, 1.165) is 22.6 Å². The number of rotatable bonds is 7. The zero-order valence-corrected chi connectivity index (χ0v) is 18.4. The van der Waals surface area contributed by atoms with Crippen LogP contribution in [0, 0.1) is 0 Å². The van der Waals surface area contributed by atoms with Crippen LogP contribution in [0.15, 0.2) is 42.5 Å². The molecular weight excluding hydrogens is 412 g/mol. The first kappa shape index (κ1) is 22.0. The second-order valence-corrected chi connectivity index (χ2v) is 7.94. The molecule has 0 aliphatic carbocycles. The maximum Gasteiger partial charge on any atom is 0.242 e. The molecule has 2 amide bonds. The largest absolute Gasteiger partial charge is 0.497 e. The standard InChI is InChI=1S/C24H28N2O6/c1-29-19-7-3-18(4-8-19)12-25-13-20(30-2)14-26(15-24(25)28)23(27)10-6-17-5-9-21-22(11-17)32-16-31-21/h3-5,7-9,11,20H,6,10,12-16H2,1-2H3/t20-/m0/s1. The summed E-state index contributed by atoms with van der Waals surface area (Å²) in [6.45, 7) is 1.56. The van der Waals surface area contributed by atoms with Gasteiger partial charge in [-0.15, -0.1) is 0 Å². The number of carbonyl (C=O) groups is 2. The van der Waals surface area contributed by atoms with Crippen molar-refractivity contribution in [2.45, 2.75) is 25.5 Å². The highest BCUT2D eigenvalue weighted by Crippen LogP contribution is 2.32. The van der Waals surface area contributed by atoms with Crippen molar-refractivity contribution in [1.82, 2.24) is 9.80 Å². The molecule has 0 radical (unpaired) electrons. The molecule has 1 fully saturated rings. The predicted molar refractivity (Wildman–Crippen MR) is 117 cm³/mol. The van der Waals surface area contributed by atoms with Crippen LogP contribution >= 0.6 is 0 Å². The molecule has 2 heterocycles. The molecule has 32 heavy (non-hydrogen) atoms. The molecule has 2 aromatic rings. The average molecular weight is 440 g/mol. The van der Waals surface area contributed by atoms with Crippen LogP contribution in [0.4, 0.5) is 0 Å². The van der Waals surface area contributed by atoms with Crippen molar-refractivity contribution >= 4 is 11.8 Å². The first-order chi connectivity index (χ1) is 15.6. The van der Waals surface area contributed by atoms with Crippen molar-refractivity contribution in [1.29, 1.82) is 0 Å². The lowest BCUT2D eigenvalue weighted by molar-refractivity contribution is -0.139. The van der Waals surface area contributed by atoms with Crippen LogP contribution in [-0.2, 0) is 27.3 Å². The number of benzene rings is 2. The van der Waals surface area contributed by atoms with Gasteiger partial charge in [0.1, 0.15) is 5.75 Å². The van der Waals surface area contributed by atoms with Crippen molar-refractivity contribution in [3.05, 3.63) is 53.6 Å². The fourth-order valence-corrected chi connectivity index (χ4v) is 3.93. The van der Waals surface area contributed by atoms with Gasteiger partial charge in [-0.05, 0) is 41.8 Å². The molecule has 2 aromatic carbocycles. The van der Waals surface area contributed by atoms with E-state index < -0.39 is 0 Å². The Bertz CT molecular complexity index is 961. The fourth-order valence-electron chi connectivity index (χ4n) is 3.93. The number of ether oxygens (including phenoxy) is 4. The van der Waals surface area contributed by atoms with Crippen LogP contribution in [0.1, 0.15) is 17.5 Å². The third-order valence-electron chi connectivity index (χ3n) is 5.81. The molecule has 1 saturated heterocycles. The van der Waals surface area contributed by atoms with E-state index in [1.807, 2.05) is 42.5 Å². The Morgan fingerprint density at radius 2 is 1.78 bits per heavy atom. The zero-order valence-electron chi connectivity index (χ0n) is 18.4. The van der Waals surface area contributed by atoms with E-state index in [1.54, 1.807) is 24.0 Å². The van der Waals surface area contributed by atoms with E-state index in [1.165, 1.54) is 0 Å². The summed E-state index contributed by atoms with van der Waals surface area (Å²) >= 11 is 0. The Balaban J connectivity index is 1.37.